The Morgan fingerprint density at radius 3 is 2.57 bits per heavy atom. The fourth-order valence-corrected chi connectivity index (χ4v) is 2.44. The average molecular weight is 380 g/mol. The molecule has 3 aromatic rings. The van der Waals surface area contributed by atoms with Gasteiger partial charge in [-0.05, 0) is 36.4 Å². The normalized spacial score (nSPS) is 10.3. The van der Waals surface area contributed by atoms with Gasteiger partial charge in [0.2, 0.25) is 5.91 Å². The van der Waals surface area contributed by atoms with E-state index in [0.29, 0.717) is 35.9 Å². The van der Waals surface area contributed by atoms with Crippen molar-refractivity contribution in [2.24, 2.45) is 5.73 Å². The van der Waals surface area contributed by atoms with E-state index in [-0.39, 0.29) is 12.5 Å². The van der Waals surface area contributed by atoms with Crippen molar-refractivity contribution in [2.45, 2.75) is 6.54 Å². The number of nitrogens with two attached hydrogens (primary N) is 1. The lowest BCUT2D eigenvalue weighted by atomic mass is 10.2. The van der Waals surface area contributed by atoms with Gasteiger partial charge in [-0.25, -0.2) is 0 Å². The van der Waals surface area contributed by atoms with Crippen LogP contribution in [0.3, 0.4) is 0 Å². The van der Waals surface area contributed by atoms with Gasteiger partial charge in [0.25, 0.3) is 5.91 Å². The minimum absolute atomic E-state index is 0.202. The van der Waals surface area contributed by atoms with Crippen molar-refractivity contribution in [3.05, 3.63) is 72.6 Å². The van der Waals surface area contributed by atoms with Crippen molar-refractivity contribution in [3.63, 3.8) is 0 Å². The van der Waals surface area contributed by atoms with E-state index in [0.717, 1.165) is 0 Å². The molecule has 144 valence electrons. The van der Waals surface area contributed by atoms with Gasteiger partial charge in [0.05, 0.1) is 6.54 Å². The van der Waals surface area contributed by atoms with Crippen molar-refractivity contribution in [1.82, 2.24) is 9.78 Å². The number of amides is 2. The van der Waals surface area contributed by atoms with Crippen LogP contribution in [0.15, 0.2) is 67.0 Å². The van der Waals surface area contributed by atoms with Gasteiger partial charge in [-0.15, -0.1) is 0 Å². The van der Waals surface area contributed by atoms with Crippen molar-refractivity contribution in [3.8, 4) is 11.5 Å². The molecule has 0 aliphatic carbocycles. The van der Waals surface area contributed by atoms with Crippen LogP contribution in [0.4, 0.5) is 5.69 Å². The summed E-state index contributed by atoms with van der Waals surface area (Å²) in [5.74, 6) is 0.139. The molecular weight excluding hydrogens is 360 g/mol. The van der Waals surface area contributed by atoms with Crippen molar-refractivity contribution >= 4 is 17.5 Å². The van der Waals surface area contributed by atoms with Gasteiger partial charge in [-0.2, -0.15) is 5.10 Å². The number of primary amides is 1. The van der Waals surface area contributed by atoms with Crippen LogP contribution in [0.5, 0.6) is 11.5 Å². The number of hydrogen-bond acceptors (Lipinski definition) is 5. The zero-order chi connectivity index (χ0) is 19.8. The number of rotatable bonds is 9. The van der Waals surface area contributed by atoms with E-state index >= 15 is 0 Å². The van der Waals surface area contributed by atoms with E-state index in [2.05, 4.69) is 10.4 Å². The molecule has 0 fully saturated rings. The summed E-state index contributed by atoms with van der Waals surface area (Å²) in [6.07, 6.45) is 3.57. The standard InChI is InChI=1S/C20H20N4O4/c21-20(26)15-4-1-6-17(12-15)28-14-19(25)23-16-5-2-7-18(13-16)27-11-10-24-9-3-8-22-24/h1-9,12-13H,10-11,14H2,(H2,21,26)(H,23,25). The maximum absolute atomic E-state index is 12.1. The Morgan fingerprint density at radius 2 is 1.82 bits per heavy atom. The molecule has 8 heteroatoms. The molecule has 3 N–H and O–H groups in total. The third-order valence-electron chi connectivity index (χ3n) is 3.75. The Labute approximate surface area is 161 Å². The van der Waals surface area contributed by atoms with Crippen molar-refractivity contribution in [1.29, 1.82) is 0 Å². The number of nitrogens with zero attached hydrogens (tertiary/aromatic N) is 2. The summed E-state index contributed by atoms with van der Waals surface area (Å²) in [5, 5.41) is 6.85. The quantitative estimate of drug-likeness (QED) is 0.591. The minimum atomic E-state index is -0.556. The Morgan fingerprint density at radius 1 is 1.04 bits per heavy atom. The predicted molar refractivity (Wildman–Crippen MR) is 103 cm³/mol. The second kappa shape index (κ2) is 9.22. The molecule has 2 amide bonds. The third-order valence-corrected chi connectivity index (χ3v) is 3.75. The molecule has 0 atom stereocenters. The molecule has 0 unspecified atom stereocenters. The SMILES string of the molecule is NC(=O)c1cccc(OCC(=O)Nc2cccc(OCCn3cccn3)c2)c1. The van der Waals surface area contributed by atoms with Gasteiger partial charge < -0.3 is 20.5 Å². The summed E-state index contributed by atoms with van der Waals surface area (Å²) >= 11 is 0. The molecule has 0 spiro atoms. The lowest BCUT2D eigenvalue weighted by Gasteiger charge is -2.10. The Balaban J connectivity index is 1.48. The summed E-state index contributed by atoms with van der Waals surface area (Å²) in [7, 11) is 0. The maximum atomic E-state index is 12.1. The van der Waals surface area contributed by atoms with Gasteiger partial charge in [0.15, 0.2) is 6.61 Å². The monoisotopic (exact) mass is 380 g/mol. The average Bonchev–Trinajstić information content (AvgIpc) is 3.20. The fourth-order valence-electron chi connectivity index (χ4n) is 2.44. The second-order valence-corrected chi connectivity index (χ2v) is 5.87. The van der Waals surface area contributed by atoms with E-state index in [1.807, 2.05) is 18.3 Å². The fraction of sp³-hybridized carbons (Fsp3) is 0.150. The molecule has 1 heterocycles. The van der Waals surface area contributed by atoms with Crippen LogP contribution in [-0.2, 0) is 11.3 Å². The molecule has 1 aromatic heterocycles. The number of anilines is 1. The van der Waals surface area contributed by atoms with Crippen LogP contribution in [0.25, 0.3) is 0 Å². The zero-order valence-electron chi connectivity index (χ0n) is 15.1. The zero-order valence-corrected chi connectivity index (χ0v) is 15.1. The number of ether oxygens (including phenoxy) is 2. The number of hydrogen-bond donors (Lipinski definition) is 2. The smallest absolute Gasteiger partial charge is 0.262 e. The topological polar surface area (TPSA) is 108 Å². The number of aromatic nitrogens is 2. The summed E-state index contributed by atoms with van der Waals surface area (Å²) in [5.41, 5.74) is 6.14. The number of carbonyl (C=O) groups is 2. The summed E-state index contributed by atoms with van der Waals surface area (Å²) in [6, 6.07) is 15.3. The van der Waals surface area contributed by atoms with E-state index in [1.54, 1.807) is 47.3 Å². The molecule has 0 aliphatic heterocycles. The molecule has 3 rings (SSSR count). The molecule has 0 saturated carbocycles. The van der Waals surface area contributed by atoms with E-state index in [9.17, 15) is 9.59 Å². The molecule has 8 nitrogen and oxygen atoms in total. The van der Waals surface area contributed by atoms with E-state index < -0.39 is 5.91 Å². The highest BCUT2D eigenvalue weighted by molar-refractivity contribution is 5.93. The Hall–Kier alpha value is -3.81. The summed E-state index contributed by atoms with van der Waals surface area (Å²) in [4.78, 5) is 23.3. The van der Waals surface area contributed by atoms with Crippen LogP contribution >= 0.6 is 0 Å². The second-order valence-electron chi connectivity index (χ2n) is 5.87. The summed E-state index contributed by atoms with van der Waals surface area (Å²) in [6.45, 7) is 0.882. The molecule has 0 radical (unpaired) electrons. The Kier molecular flexibility index (Phi) is 6.25. The molecular formula is C20H20N4O4. The van der Waals surface area contributed by atoms with Crippen LogP contribution in [0, 0.1) is 0 Å². The van der Waals surface area contributed by atoms with Crippen LogP contribution in [0.1, 0.15) is 10.4 Å². The lowest BCUT2D eigenvalue weighted by molar-refractivity contribution is -0.118. The first-order valence-electron chi connectivity index (χ1n) is 8.63. The summed E-state index contributed by atoms with van der Waals surface area (Å²) < 4.78 is 12.9. The lowest BCUT2D eigenvalue weighted by Crippen LogP contribution is -2.20. The first-order valence-corrected chi connectivity index (χ1v) is 8.63. The number of carbonyl (C=O) groups excluding carboxylic acids is 2. The molecule has 0 bridgehead atoms. The van der Waals surface area contributed by atoms with Crippen molar-refractivity contribution in [2.75, 3.05) is 18.5 Å². The van der Waals surface area contributed by atoms with Gasteiger partial charge in [-0.1, -0.05) is 12.1 Å². The molecule has 0 aliphatic rings. The molecule has 2 aromatic carbocycles. The van der Waals surface area contributed by atoms with E-state index in [4.69, 9.17) is 15.2 Å². The largest absolute Gasteiger partial charge is 0.492 e. The van der Waals surface area contributed by atoms with Crippen molar-refractivity contribution < 1.29 is 19.1 Å². The van der Waals surface area contributed by atoms with Gasteiger partial charge in [0, 0.05) is 29.7 Å². The van der Waals surface area contributed by atoms with Crippen LogP contribution < -0.4 is 20.5 Å². The van der Waals surface area contributed by atoms with E-state index in [1.165, 1.54) is 6.07 Å². The van der Waals surface area contributed by atoms with Gasteiger partial charge >= 0.3 is 0 Å². The van der Waals surface area contributed by atoms with Crippen LogP contribution in [0.2, 0.25) is 0 Å². The number of nitrogens with one attached hydrogen (secondary N) is 1. The first kappa shape index (κ1) is 19.0. The molecule has 28 heavy (non-hydrogen) atoms. The van der Waals surface area contributed by atoms with Gasteiger partial charge in [-0.3, -0.25) is 14.3 Å². The highest BCUT2D eigenvalue weighted by Crippen LogP contribution is 2.18. The highest BCUT2D eigenvalue weighted by atomic mass is 16.5. The minimum Gasteiger partial charge on any atom is -0.492 e. The van der Waals surface area contributed by atoms with Crippen LogP contribution in [-0.4, -0.2) is 34.8 Å². The van der Waals surface area contributed by atoms with Gasteiger partial charge in [0.1, 0.15) is 18.1 Å². The molecule has 0 saturated heterocycles. The number of benzene rings is 2. The highest BCUT2D eigenvalue weighted by Gasteiger charge is 2.07. The Bertz CT molecular complexity index is 941. The first-order chi connectivity index (χ1) is 13.6. The third kappa shape index (κ3) is 5.60. The maximum Gasteiger partial charge on any atom is 0.262 e. The predicted octanol–water partition coefficient (Wildman–Crippen LogP) is 2.08.